The molecular weight excluding hydrogens is 889 g/mol. The Morgan fingerprint density at radius 1 is 0.768 bits per heavy atom. The molecule has 5 aromatic rings. The second-order valence-corrected chi connectivity index (χ2v) is 16.6. The molecule has 0 spiro atoms. The maximum atomic E-state index is 13.3. The highest BCUT2D eigenvalue weighted by Crippen LogP contribution is 2.36. The molecule has 362 valence electrons. The summed E-state index contributed by atoms with van der Waals surface area (Å²) < 4.78 is 36.1. The highest BCUT2D eigenvalue weighted by Gasteiger charge is 2.46. The monoisotopic (exact) mass is 944 g/mol. The molecular formula is C50H56N8O11. The highest BCUT2D eigenvalue weighted by molar-refractivity contribution is 6.24. The van der Waals surface area contributed by atoms with E-state index in [9.17, 15) is 24.0 Å². The van der Waals surface area contributed by atoms with Crippen LogP contribution in [0.3, 0.4) is 0 Å². The molecule has 2 aromatic heterocycles. The summed E-state index contributed by atoms with van der Waals surface area (Å²) in [6, 6.07) is 20.9. The second-order valence-electron chi connectivity index (χ2n) is 16.6. The van der Waals surface area contributed by atoms with E-state index < -0.39 is 29.7 Å². The molecule has 3 N–H and O–H groups in total. The highest BCUT2D eigenvalue weighted by atomic mass is 16.6. The second kappa shape index (κ2) is 23.8. The van der Waals surface area contributed by atoms with Gasteiger partial charge in [-0.3, -0.25) is 34.2 Å². The average Bonchev–Trinajstić information content (AvgIpc) is 3.88. The van der Waals surface area contributed by atoms with Gasteiger partial charge >= 0.3 is 0 Å². The number of para-hydroxylation sites is 1. The summed E-state index contributed by atoms with van der Waals surface area (Å²) in [4.78, 5) is 75.0. The van der Waals surface area contributed by atoms with E-state index >= 15 is 0 Å². The van der Waals surface area contributed by atoms with Crippen molar-refractivity contribution < 1.29 is 52.4 Å². The lowest BCUT2D eigenvalue weighted by Crippen LogP contribution is -2.54. The average molecular weight is 945 g/mol. The lowest BCUT2D eigenvalue weighted by molar-refractivity contribution is -0.136. The number of carbonyl (C=O) groups excluding carboxylic acids is 5. The number of hydrogen-bond acceptors (Lipinski definition) is 15. The molecule has 0 saturated carbocycles. The normalized spacial score (nSPS) is 17.2. The number of aromatic nitrogens is 4. The zero-order valence-electron chi connectivity index (χ0n) is 38.3. The summed E-state index contributed by atoms with van der Waals surface area (Å²) in [6.45, 7) is 4.51. The topological polar surface area (TPSA) is 229 Å². The molecule has 0 bridgehead atoms. The molecule has 8 rings (SSSR count). The van der Waals surface area contributed by atoms with Crippen molar-refractivity contribution in [3.05, 3.63) is 102 Å². The molecule has 19 nitrogen and oxygen atoms in total. The number of anilines is 1. The lowest BCUT2D eigenvalue weighted by Gasteiger charge is -2.32. The molecule has 5 heterocycles. The summed E-state index contributed by atoms with van der Waals surface area (Å²) in [6.07, 6.45) is 9.36. The smallest absolute Gasteiger partial charge is 0.266 e. The number of likely N-dealkylation sites (tertiary alicyclic amines) is 1. The lowest BCUT2D eigenvalue weighted by atomic mass is 10.0. The minimum atomic E-state index is -1.05. The van der Waals surface area contributed by atoms with Gasteiger partial charge in [0.05, 0.1) is 68.8 Å². The maximum Gasteiger partial charge on any atom is 0.266 e. The number of nitrogens with one attached hydrogen (secondary N) is 1. The Kier molecular flexibility index (Phi) is 16.7. The zero-order chi connectivity index (χ0) is 48.0. The van der Waals surface area contributed by atoms with Gasteiger partial charge in [-0.25, -0.2) is 14.6 Å². The first-order valence-corrected chi connectivity index (χ1v) is 23.3. The van der Waals surface area contributed by atoms with Crippen LogP contribution in [0.15, 0.2) is 91.3 Å². The number of hydrogen-bond donors (Lipinski definition) is 2. The Morgan fingerprint density at radius 2 is 1.48 bits per heavy atom. The van der Waals surface area contributed by atoms with Gasteiger partial charge in [-0.05, 0) is 93.1 Å². The molecule has 3 aliphatic rings. The van der Waals surface area contributed by atoms with E-state index in [0.29, 0.717) is 87.6 Å². The van der Waals surface area contributed by atoms with Gasteiger partial charge in [0.2, 0.25) is 17.7 Å². The molecule has 3 aromatic carbocycles. The van der Waals surface area contributed by atoms with Gasteiger partial charge in [0.25, 0.3) is 11.8 Å². The van der Waals surface area contributed by atoms with Crippen molar-refractivity contribution in [3.8, 4) is 28.5 Å². The van der Waals surface area contributed by atoms with E-state index in [1.807, 2.05) is 70.3 Å². The number of piperidine rings is 2. The summed E-state index contributed by atoms with van der Waals surface area (Å²) in [5, 5.41) is 7.88. The fourth-order valence-electron chi connectivity index (χ4n) is 8.44. The summed E-state index contributed by atoms with van der Waals surface area (Å²) in [7, 11) is 0. The van der Waals surface area contributed by atoms with Crippen molar-refractivity contribution in [1.29, 1.82) is 0 Å². The van der Waals surface area contributed by atoms with E-state index in [1.165, 1.54) is 12.4 Å². The molecule has 0 radical (unpaired) electrons. The number of imide groups is 2. The first-order valence-electron chi connectivity index (χ1n) is 23.3. The molecule has 2 fully saturated rings. The van der Waals surface area contributed by atoms with E-state index in [4.69, 9.17) is 39.3 Å². The maximum absolute atomic E-state index is 13.3. The number of fused-ring (bicyclic) bond motifs is 2. The Hall–Kier alpha value is -7.06. The van der Waals surface area contributed by atoms with Crippen LogP contribution in [-0.2, 0) is 33.3 Å². The van der Waals surface area contributed by atoms with Gasteiger partial charge in [-0.1, -0.05) is 30.3 Å². The molecule has 3 aliphatic heterocycles. The number of allylic oxidation sites excluding steroid dienone is 1. The van der Waals surface area contributed by atoms with Crippen LogP contribution in [0.4, 0.5) is 5.82 Å². The fourth-order valence-corrected chi connectivity index (χ4v) is 8.44. The van der Waals surface area contributed by atoms with Crippen molar-refractivity contribution >= 4 is 46.4 Å². The Labute approximate surface area is 398 Å². The third kappa shape index (κ3) is 12.2. The minimum absolute atomic E-state index is 0.0236. The standard InChI is InChI=1S/C50H56N8O11/c51-46-44-45(34-16-18-37(19-17-34)69-36-11-4-3-5-12-36)55-58(47(44)53-33-52-46)35-10-9-22-56(32-35)42(60)15-6-1-2-7-23-64-24-25-65-26-27-66-28-29-67-30-31-68-40-14-8-13-38-43(40)50(63)57(49(38)62)39-20-21-41(59)54-48(39)61/h3-6,8,11-19,33,35,39H,1-2,7,9-10,20-32H2,(H2,51,52,53)(H,54,59,61)/b15-6+/t35-,39?/m0/s1. The number of nitrogens with two attached hydrogens (primary N) is 1. The summed E-state index contributed by atoms with van der Waals surface area (Å²) in [5.41, 5.74) is 8.82. The number of nitrogen functional groups attached to an aromatic ring is 1. The minimum Gasteiger partial charge on any atom is -0.490 e. The van der Waals surface area contributed by atoms with Gasteiger partial charge < -0.3 is 39.1 Å². The van der Waals surface area contributed by atoms with Gasteiger partial charge in [0.15, 0.2) is 5.65 Å². The molecule has 0 aliphatic carbocycles. The van der Waals surface area contributed by atoms with Crippen molar-refractivity contribution in [3.63, 3.8) is 0 Å². The number of ether oxygens (including phenoxy) is 6. The largest absolute Gasteiger partial charge is 0.490 e. The molecule has 19 heteroatoms. The molecule has 5 amide bonds. The van der Waals surface area contributed by atoms with Crippen LogP contribution in [0.1, 0.15) is 71.7 Å². The number of amides is 5. The van der Waals surface area contributed by atoms with Crippen LogP contribution in [0.2, 0.25) is 0 Å². The first-order chi connectivity index (χ1) is 33.8. The molecule has 2 atom stereocenters. The number of benzene rings is 3. The van der Waals surface area contributed by atoms with Crippen LogP contribution in [0.25, 0.3) is 22.3 Å². The van der Waals surface area contributed by atoms with Crippen LogP contribution >= 0.6 is 0 Å². The Balaban J connectivity index is 0.651. The fraction of sp³-hybridized carbons (Fsp3) is 0.400. The van der Waals surface area contributed by atoms with Gasteiger partial charge in [0, 0.05) is 31.7 Å². The van der Waals surface area contributed by atoms with Crippen molar-refractivity contribution in [2.75, 3.05) is 78.3 Å². The molecule has 2 saturated heterocycles. The third-order valence-corrected chi connectivity index (χ3v) is 11.9. The van der Waals surface area contributed by atoms with Crippen molar-refractivity contribution in [2.45, 2.75) is 57.0 Å². The van der Waals surface area contributed by atoms with E-state index in [2.05, 4.69) is 15.3 Å². The van der Waals surface area contributed by atoms with Crippen LogP contribution in [0, 0.1) is 0 Å². The van der Waals surface area contributed by atoms with Crippen LogP contribution < -0.4 is 20.5 Å². The number of rotatable bonds is 24. The zero-order valence-corrected chi connectivity index (χ0v) is 38.3. The van der Waals surface area contributed by atoms with Gasteiger partial charge in [-0.15, -0.1) is 0 Å². The summed E-state index contributed by atoms with van der Waals surface area (Å²) in [5.74, 6) is -0.321. The van der Waals surface area contributed by atoms with Crippen molar-refractivity contribution in [1.82, 2.24) is 34.9 Å². The number of nitrogens with zero attached hydrogens (tertiary/aromatic N) is 6. The Bertz CT molecular complexity index is 2620. The third-order valence-electron chi connectivity index (χ3n) is 11.9. The predicted octanol–water partition coefficient (Wildman–Crippen LogP) is 5.30. The molecule has 1 unspecified atom stereocenters. The van der Waals surface area contributed by atoms with E-state index in [-0.39, 0.29) is 54.9 Å². The van der Waals surface area contributed by atoms with E-state index in [0.717, 1.165) is 48.3 Å². The van der Waals surface area contributed by atoms with Gasteiger partial charge in [-0.2, -0.15) is 5.10 Å². The van der Waals surface area contributed by atoms with E-state index in [1.54, 1.807) is 18.2 Å². The number of unbranched alkanes of at least 4 members (excludes halogenated alkanes) is 2. The quantitative estimate of drug-likeness (QED) is 0.0454. The first kappa shape index (κ1) is 48.4. The van der Waals surface area contributed by atoms with Gasteiger partial charge in [0.1, 0.15) is 47.7 Å². The van der Waals surface area contributed by atoms with Crippen molar-refractivity contribution in [2.24, 2.45) is 0 Å². The molecule has 69 heavy (non-hydrogen) atoms. The van der Waals surface area contributed by atoms with Crippen LogP contribution in [-0.4, -0.2) is 138 Å². The number of carbonyl (C=O) groups is 5. The predicted molar refractivity (Wildman–Crippen MR) is 251 cm³/mol. The Morgan fingerprint density at radius 3 is 2.22 bits per heavy atom. The SMILES string of the molecule is Nc1ncnc2c1c(-c1ccc(Oc3ccccc3)cc1)nn2[C@H]1CCCN(C(=O)/C=C/CCCCOCCOCCOCCOCCOc2cccc3c2C(=O)N(C2CCC(=O)NC2=O)C3=O)C1. The summed E-state index contributed by atoms with van der Waals surface area (Å²) >= 11 is 0. The van der Waals surface area contributed by atoms with Crippen LogP contribution in [0.5, 0.6) is 17.2 Å².